The van der Waals surface area contributed by atoms with Crippen LogP contribution in [-0.2, 0) is 4.74 Å². The van der Waals surface area contributed by atoms with Crippen LogP contribution in [0.2, 0.25) is 0 Å². The highest BCUT2D eigenvalue weighted by atomic mass is 16.5. The zero-order chi connectivity index (χ0) is 13.8. The van der Waals surface area contributed by atoms with E-state index in [1.54, 1.807) is 13.2 Å². The highest BCUT2D eigenvalue weighted by Gasteiger charge is 2.27. The fraction of sp³-hybridized carbons (Fsp3) is 0.714. The number of aromatic amines is 1. The lowest BCUT2D eigenvalue weighted by Gasteiger charge is -2.25. The molecular formula is C14H23N3O2. The molecule has 1 aliphatic rings. The number of hydrogen-bond acceptors (Lipinski definition) is 4. The maximum Gasteiger partial charge on any atom is 0.252 e. The molecule has 5 nitrogen and oxygen atoms in total. The molecule has 1 aromatic heterocycles. The van der Waals surface area contributed by atoms with Gasteiger partial charge in [0.1, 0.15) is 11.6 Å². The minimum Gasteiger partial charge on any atom is -0.383 e. The predicted molar refractivity (Wildman–Crippen MR) is 75.8 cm³/mol. The first-order valence-corrected chi connectivity index (χ1v) is 6.95. The van der Waals surface area contributed by atoms with Crippen molar-refractivity contribution >= 4 is 5.82 Å². The molecule has 0 saturated heterocycles. The average Bonchev–Trinajstić information content (AvgIpc) is 3.17. The number of rotatable bonds is 7. The number of hydrogen-bond donors (Lipinski definition) is 1. The van der Waals surface area contributed by atoms with Crippen LogP contribution in [0.5, 0.6) is 0 Å². The second-order valence-electron chi connectivity index (χ2n) is 5.60. The zero-order valence-electron chi connectivity index (χ0n) is 12.0. The molecule has 1 heterocycles. The Labute approximate surface area is 114 Å². The van der Waals surface area contributed by atoms with Crippen LogP contribution < -0.4 is 10.5 Å². The molecule has 1 aliphatic carbocycles. The van der Waals surface area contributed by atoms with E-state index in [0.29, 0.717) is 18.4 Å². The number of anilines is 1. The molecule has 0 aliphatic heterocycles. The van der Waals surface area contributed by atoms with Crippen molar-refractivity contribution < 1.29 is 4.74 Å². The van der Waals surface area contributed by atoms with Crippen LogP contribution in [0.3, 0.4) is 0 Å². The van der Waals surface area contributed by atoms with Crippen LogP contribution in [-0.4, -0.2) is 36.8 Å². The monoisotopic (exact) mass is 265 g/mol. The van der Waals surface area contributed by atoms with Crippen molar-refractivity contribution in [1.82, 2.24) is 9.97 Å². The molecule has 0 unspecified atom stereocenters. The molecule has 106 valence electrons. The summed E-state index contributed by atoms with van der Waals surface area (Å²) in [6.45, 7) is 6.60. The summed E-state index contributed by atoms with van der Waals surface area (Å²) in [5.41, 5.74) is -0.0573. The molecule has 2 rings (SSSR count). The third kappa shape index (κ3) is 4.06. The Balaban J connectivity index is 2.20. The number of aromatic nitrogens is 2. The average molecular weight is 265 g/mol. The van der Waals surface area contributed by atoms with Gasteiger partial charge in [-0.3, -0.25) is 4.79 Å². The Morgan fingerprint density at radius 3 is 2.84 bits per heavy atom. The molecule has 0 radical (unpaired) electrons. The number of nitrogens with one attached hydrogen (secondary N) is 1. The lowest BCUT2D eigenvalue weighted by atomic mass is 10.2. The fourth-order valence-electron chi connectivity index (χ4n) is 2.12. The number of ether oxygens (including phenoxy) is 1. The standard InChI is InChI=1S/C14H23N3O2/c1-10(2)9-17(6-7-19-3)12-8-13(18)16-14(15-12)11-4-5-11/h8,10-11H,4-7,9H2,1-3H3,(H,15,16,18). The van der Waals surface area contributed by atoms with Crippen molar-refractivity contribution in [2.24, 2.45) is 5.92 Å². The summed E-state index contributed by atoms with van der Waals surface area (Å²) in [6.07, 6.45) is 2.27. The van der Waals surface area contributed by atoms with Gasteiger partial charge in [-0.05, 0) is 18.8 Å². The minimum absolute atomic E-state index is 0.0573. The lowest BCUT2D eigenvalue weighted by Crippen LogP contribution is -2.33. The first-order valence-electron chi connectivity index (χ1n) is 6.95. The van der Waals surface area contributed by atoms with E-state index >= 15 is 0 Å². The van der Waals surface area contributed by atoms with E-state index in [1.165, 1.54) is 0 Å². The Kier molecular flexibility index (Phi) is 4.58. The maximum atomic E-state index is 11.8. The highest BCUT2D eigenvalue weighted by molar-refractivity contribution is 5.38. The smallest absolute Gasteiger partial charge is 0.252 e. The van der Waals surface area contributed by atoms with Crippen molar-refractivity contribution in [2.75, 3.05) is 31.7 Å². The molecule has 0 spiro atoms. The molecular weight excluding hydrogens is 242 g/mol. The van der Waals surface area contributed by atoms with Gasteiger partial charge in [0.15, 0.2) is 0 Å². The molecule has 1 N–H and O–H groups in total. The highest BCUT2D eigenvalue weighted by Crippen LogP contribution is 2.37. The van der Waals surface area contributed by atoms with E-state index in [4.69, 9.17) is 4.74 Å². The molecule has 0 bridgehead atoms. The van der Waals surface area contributed by atoms with Crippen molar-refractivity contribution in [1.29, 1.82) is 0 Å². The summed E-state index contributed by atoms with van der Waals surface area (Å²) in [7, 11) is 1.69. The molecule has 0 aromatic carbocycles. The summed E-state index contributed by atoms with van der Waals surface area (Å²) in [6, 6.07) is 1.59. The van der Waals surface area contributed by atoms with Gasteiger partial charge in [-0.1, -0.05) is 13.8 Å². The van der Waals surface area contributed by atoms with Crippen molar-refractivity contribution in [3.05, 3.63) is 22.2 Å². The third-order valence-corrected chi connectivity index (χ3v) is 3.19. The first kappa shape index (κ1) is 14.1. The van der Waals surface area contributed by atoms with E-state index in [-0.39, 0.29) is 5.56 Å². The van der Waals surface area contributed by atoms with Crippen LogP contribution in [0.4, 0.5) is 5.82 Å². The van der Waals surface area contributed by atoms with Crippen LogP contribution in [0, 0.1) is 5.92 Å². The molecule has 0 amide bonds. The molecule has 1 saturated carbocycles. The Bertz CT molecular complexity index is 466. The van der Waals surface area contributed by atoms with E-state index in [0.717, 1.165) is 37.6 Å². The topological polar surface area (TPSA) is 58.2 Å². The fourth-order valence-corrected chi connectivity index (χ4v) is 2.12. The van der Waals surface area contributed by atoms with Gasteiger partial charge >= 0.3 is 0 Å². The largest absolute Gasteiger partial charge is 0.383 e. The minimum atomic E-state index is -0.0573. The second-order valence-corrected chi connectivity index (χ2v) is 5.60. The van der Waals surface area contributed by atoms with Gasteiger partial charge in [0.25, 0.3) is 5.56 Å². The van der Waals surface area contributed by atoms with E-state index in [1.807, 2.05) is 0 Å². The van der Waals surface area contributed by atoms with Crippen LogP contribution in [0.15, 0.2) is 10.9 Å². The Morgan fingerprint density at radius 2 is 2.26 bits per heavy atom. The van der Waals surface area contributed by atoms with Gasteiger partial charge in [-0.2, -0.15) is 0 Å². The molecule has 5 heteroatoms. The summed E-state index contributed by atoms with van der Waals surface area (Å²) < 4.78 is 5.14. The lowest BCUT2D eigenvalue weighted by molar-refractivity contribution is 0.204. The van der Waals surface area contributed by atoms with E-state index in [9.17, 15) is 4.79 Å². The maximum absolute atomic E-state index is 11.8. The summed E-state index contributed by atoms with van der Waals surface area (Å²) in [5.74, 6) is 2.59. The summed E-state index contributed by atoms with van der Waals surface area (Å²) in [5, 5.41) is 0. The summed E-state index contributed by atoms with van der Waals surface area (Å²) >= 11 is 0. The number of nitrogens with zero attached hydrogens (tertiary/aromatic N) is 2. The zero-order valence-corrected chi connectivity index (χ0v) is 12.0. The van der Waals surface area contributed by atoms with Gasteiger partial charge in [0, 0.05) is 32.2 Å². The SMILES string of the molecule is COCCN(CC(C)C)c1cc(=O)[nH]c(C2CC2)n1. The van der Waals surface area contributed by atoms with E-state index in [2.05, 4.69) is 28.7 Å². The summed E-state index contributed by atoms with van der Waals surface area (Å²) in [4.78, 5) is 21.4. The first-order chi connectivity index (χ1) is 9.10. The predicted octanol–water partition coefficient (Wildman–Crippen LogP) is 1.76. The third-order valence-electron chi connectivity index (χ3n) is 3.19. The van der Waals surface area contributed by atoms with Crippen molar-refractivity contribution in [3.63, 3.8) is 0 Å². The van der Waals surface area contributed by atoms with Gasteiger partial charge in [-0.15, -0.1) is 0 Å². The Hall–Kier alpha value is -1.36. The van der Waals surface area contributed by atoms with Gasteiger partial charge in [0.2, 0.25) is 0 Å². The number of H-pyrrole nitrogens is 1. The quantitative estimate of drug-likeness (QED) is 0.816. The molecule has 1 aromatic rings. The van der Waals surface area contributed by atoms with Crippen LogP contribution in [0.25, 0.3) is 0 Å². The van der Waals surface area contributed by atoms with Crippen molar-refractivity contribution in [2.45, 2.75) is 32.6 Å². The molecule has 19 heavy (non-hydrogen) atoms. The van der Waals surface area contributed by atoms with Crippen LogP contribution in [0.1, 0.15) is 38.4 Å². The molecule has 1 fully saturated rings. The van der Waals surface area contributed by atoms with Crippen molar-refractivity contribution in [3.8, 4) is 0 Å². The number of methoxy groups -OCH3 is 1. The van der Waals surface area contributed by atoms with Gasteiger partial charge in [-0.25, -0.2) is 4.98 Å². The molecule has 0 atom stereocenters. The van der Waals surface area contributed by atoms with Crippen LogP contribution >= 0.6 is 0 Å². The van der Waals surface area contributed by atoms with Gasteiger partial charge < -0.3 is 14.6 Å². The Morgan fingerprint density at radius 1 is 1.53 bits per heavy atom. The second kappa shape index (κ2) is 6.19. The normalized spacial score (nSPS) is 14.9. The van der Waals surface area contributed by atoms with Gasteiger partial charge in [0.05, 0.1) is 6.61 Å². The van der Waals surface area contributed by atoms with E-state index < -0.39 is 0 Å².